The van der Waals surface area contributed by atoms with Crippen molar-refractivity contribution in [3.8, 4) is 11.5 Å². The third-order valence-corrected chi connectivity index (χ3v) is 7.46. The summed E-state index contributed by atoms with van der Waals surface area (Å²) in [5.74, 6) is 1.59. The van der Waals surface area contributed by atoms with Gasteiger partial charge in [-0.05, 0) is 43.0 Å². The normalized spacial score (nSPS) is 18.9. The van der Waals surface area contributed by atoms with E-state index in [2.05, 4.69) is 9.62 Å². The number of anilines is 1. The molecule has 32 heavy (non-hydrogen) atoms. The van der Waals surface area contributed by atoms with Crippen molar-refractivity contribution in [2.75, 3.05) is 50.7 Å². The number of nitrogens with zero attached hydrogens (tertiary/aromatic N) is 2. The van der Waals surface area contributed by atoms with Crippen LogP contribution in [0.5, 0.6) is 11.5 Å². The molecule has 0 aromatic heterocycles. The molecule has 5 rings (SSSR count). The maximum Gasteiger partial charge on any atom is 0.262 e. The fourth-order valence-electron chi connectivity index (χ4n) is 4.12. The van der Waals surface area contributed by atoms with E-state index >= 15 is 0 Å². The molecule has 0 atom stereocenters. The van der Waals surface area contributed by atoms with E-state index in [1.807, 2.05) is 0 Å². The van der Waals surface area contributed by atoms with Crippen LogP contribution in [0.25, 0.3) is 0 Å². The third-order valence-electron chi connectivity index (χ3n) is 6.10. The van der Waals surface area contributed by atoms with Gasteiger partial charge in [-0.1, -0.05) is 12.1 Å². The van der Waals surface area contributed by atoms with Crippen LogP contribution < -0.4 is 14.2 Å². The van der Waals surface area contributed by atoms with Gasteiger partial charge in [-0.15, -0.1) is 0 Å². The van der Waals surface area contributed by atoms with Crippen molar-refractivity contribution in [2.24, 2.45) is 5.92 Å². The molecule has 9 heteroatoms. The zero-order chi connectivity index (χ0) is 22.1. The maximum absolute atomic E-state index is 13.2. The summed E-state index contributed by atoms with van der Waals surface area (Å²) in [4.78, 5) is 17.5. The Morgan fingerprint density at radius 2 is 1.69 bits per heavy atom. The SMILES string of the molecule is O=C(c1ccccc1NS(=O)(=O)c1ccc2c(c1)OCCO2)N1CCN(CC2CC2)CC1. The standard InChI is InChI=1S/C23H27N3O5S/c27-23(26-11-9-25(10-12-26)16-17-5-6-17)19-3-1-2-4-20(19)24-32(28,29)18-7-8-21-22(15-18)31-14-13-30-21/h1-4,7-8,15,17,24H,5-6,9-14,16H2. The summed E-state index contributed by atoms with van der Waals surface area (Å²) in [7, 11) is -3.91. The predicted octanol–water partition coefficient (Wildman–Crippen LogP) is 2.43. The van der Waals surface area contributed by atoms with E-state index in [1.165, 1.54) is 25.0 Å². The molecular formula is C23H27N3O5S. The summed E-state index contributed by atoms with van der Waals surface area (Å²) in [6.07, 6.45) is 2.63. The Labute approximate surface area is 188 Å². The van der Waals surface area contributed by atoms with Crippen LogP contribution in [0.3, 0.4) is 0 Å². The maximum atomic E-state index is 13.2. The van der Waals surface area contributed by atoms with E-state index in [-0.39, 0.29) is 16.5 Å². The van der Waals surface area contributed by atoms with Gasteiger partial charge in [0.15, 0.2) is 11.5 Å². The first kappa shape index (κ1) is 21.1. The molecule has 2 aromatic rings. The van der Waals surface area contributed by atoms with Crippen molar-refractivity contribution in [1.29, 1.82) is 0 Å². The second-order valence-corrected chi connectivity index (χ2v) is 10.2. The number of carbonyl (C=O) groups excluding carboxylic acids is 1. The van der Waals surface area contributed by atoms with E-state index in [0.29, 0.717) is 43.4 Å². The first-order valence-electron chi connectivity index (χ1n) is 11.0. The quantitative estimate of drug-likeness (QED) is 0.717. The average molecular weight is 458 g/mol. The molecule has 0 unspecified atom stereocenters. The molecule has 8 nitrogen and oxygen atoms in total. The molecule has 3 aliphatic rings. The number of piperazine rings is 1. The minimum absolute atomic E-state index is 0.0534. The fraction of sp³-hybridized carbons (Fsp3) is 0.435. The number of hydrogen-bond acceptors (Lipinski definition) is 6. The van der Waals surface area contributed by atoms with E-state index in [0.717, 1.165) is 25.6 Å². The van der Waals surface area contributed by atoms with Crippen molar-refractivity contribution in [3.63, 3.8) is 0 Å². The molecule has 1 aliphatic carbocycles. The number of hydrogen-bond donors (Lipinski definition) is 1. The van der Waals surface area contributed by atoms with E-state index < -0.39 is 10.0 Å². The summed E-state index contributed by atoms with van der Waals surface area (Å²) in [5, 5.41) is 0. The number of para-hydroxylation sites is 1. The highest BCUT2D eigenvalue weighted by Crippen LogP contribution is 2.33. The van der Waals surface area contributed by atoms with Crippen molar-refractivity contribution in [3.05, 3.63) is 48.0 Å². The Bertz CT molecular complexity index is 1110. The van der Waals surface area contributed by atoms with Crippen LogP contribution in [0.2, 0.25) is 0 Å². The topological polar surface area (TPSA) is 88.2 Å². The van der Waals surface area contributed by atoms with Gasteiger partial charge in [-0.2, -0.15) is 0 Å². The highest BCUT2D eigenvalue weighted by Gasteiger charge is 2.29. The number of sulfonamides is 1. The zero-order valence-corrected chi connectivity index (χ0v) is 18.6. The highest BCUT2D eigenvalue weighted by atomic mass is 32.2. The van der Waals surface area contributed by atoms with Gasteiger partial charge in [-0.3, -0.25) is 14.4 Å². The van der Waals surface area contributed by atoms with E-state index in [9.17, 15) is 13.2 Å². The van der Waals surface area contributed by atoms with Gasteiger partial charge in [-0.25, -0.2) is 8.42 Å². The molecule has 1 saturated carbocycles. The number of benzene rings is 2. The molecule has 1 N–H and O–H groups in total. The fourth-order valence-corrected chi connectivity index (χ4v) is 5.22. The number of carbonyl (C=O) groups is 1. The van der Waals surface area contributed by atoms with Crippen molar-refractivity contribution < 1.29 is 22.7 Å². The molecule has 0 radical (unpaired) electrons. The molecule has 1 amide bonds. The minimum Gasteiger partial charge on any atom is -0.486 e. The lowest BCUT2D eigenvalue weighted by molar-refractivity contribution is 0.0633. The number of ether oxygens (including phenoxy) is 2. The second kappa shape index (κ2) is 8.63. The summed E-state index contributed by atoms with van der Waals surface area (Å²) < 4.78 is 39.7. The van der Waals surface area contributed by atoms with Crippen LogP contribution in [0, 0.1) is 5.92 Å². The van der Waals surface area contributed by atoms with Crippen molar-refractivity contribution in [1.82, 2.24) is 9.80 Å². The second-order valence-electron chi connectivity index (χ2n) is 8.49. The summed E-state index contributed by atoms with van der Waals surface area (Å²) in [5.41, 5.74) is 0.622. The molecular weight excluding hydrogens is 430 g/mol. The van der Waals surface area contributed by atoms with Gasteiger partial charge >= 0.3 is 0 Å². The Hall–Kier alpha value is -2.78. The molecule has 2 aromatic carbocycles. The van der Waals surface area contributed by atoms with Gasteiger partial charge in [0.2, 0.25) is 0 Å². The lowest BCUT2D eigenvalue weighted by atomic mass is 10.1. The van der Waals surface area contributed by atoms with Crippen LogP contribution in [0.15, 0.2) is 47.4 Å². The molecule has 170 valence electrons. The highest BCUT2D eigenvalue weighted by molar-refractivity contribution is 7.92. The first-order valence-corrected chi connectivity index (χ1v) is 12.5. The Kier molecular flexibility index (Phi) is 5.69. The predicted molar refractivity (Wildman–Crippen MR) is 120 cm³/mol. The molecule has 0 bridgehead atoms. The average Bonchev–Trinajstić information content (AvgIpc) is 3.63. The third kappa shape index (κ3) is 4.54. The monoisotopic (exact) mass is 457 g/mol. The number of rotatable bonds is 6. The van der Waals surface area contributed by atoms with Crippen LogP contribution in [0.4, 0.5) is 5.69 Å². The van der Waals surface area contributed by atoms with Gasteiger partial charge in [0, 0.05) is 38.8 Å². The molecule has 2 aliphatic heterocycles. The molecule has 2 fully saturated rings. The van der Waals surface area contributed by atoms with Gasteiger partial charge in [0.05, 0.1) is 16.1 Å². The largest absolute Gasteiger partial charge is 0.486 e. The molecule has 2 heterocycles. The Morgan fingerprint density at radius 1 is 0.969 bits per heavy atom. The number of nitrogens with one attached hydrogen (secondary N) is 1. The number of fused-ring (bicyclic) bond motifs is 1. The Morgan fingerprint density at radius 3 is 2.44 bits per heavy atom. The van der Waals surface area contributed by atoms with E-state index in [4.69, 9.17) is 9.47 Å². The lowest BCUT2D eigenvalue weighted by Crippen LogP contribution is -2.49. The van der Waals surface area contributed by atoms with Gasteiger partial charge in [0.25, 0.3) is 15.9 Å². The summed E-state index contributed by atoms with van der Waals surface area (Å²) in [6.45, 7) is 4.93. The van der Waals surface area contributed by atoms with Gasteiger partial charge in [0.1, 0.15) is 13.2 Å². The minimum atomic E-state index is -3.91. The van der Waals surface area contributed by atoms with Crippen LogP contribution in [-0.4, -0.2) is 70.1 Å². The molecule has 0 spiro atoms. The summed E-state index contributed by atoms with van der Waals surface area (Å²) >= 11 is 0. The molecule has 1 saturated heterocycles. The van der Waals surface area contributed by atoms with Crippen molar-refractivity contribution >= 4 is 21.6 Å². The van der Waals surface area contributed by atoms with Crippen LogP contribution in [0.1, 0.15) is 23.2 Å². The first-order chi connectivity index (χ1) is 15.5. The van der Waals surface area contributed by atoms with E-state index in [1.54, 1.807) is 35.2 Å². The van der Waals surface area contributed by atoms with Gasteiger partial charge < -0.3 is 14.4 Å². The Balaban J connectivity index is 1.31. The zero-order valence-electron chi connectivity index (χ0n) is 17.8. The smallest absolute Gasteiger partial charge is 0.262 e. The van der Waals surface area contributed by atoms with Crippen molar-refractivity contribution in [2.45, 2.75) is 17.7 Å². The van der Waals surface area contributed by atoms with Crippen LogP contribution in [-0.2, 0) is 10.0 Å². The summed E-state index contributed by atoms with van der Waals surface area (Å²) in [6, 6.07) is 11.2. The number of amides is 1. The lowest BCUT2D eigenvalue weighted by Gasteiger charge is -2.35. The van der Waals surface area contributed by atoms with Crippen LogP contribution >= 0.6 is 0 Å².